The molecule has 3 heteroatoms. The molecule has 0 amide bonds. The van der Waals surface area contributed by atoms with Gasteiger partial charge >= 0.3 is 0 Å². The SMILES string of the molecule is Cc1ccc(C2c3ccc([nH]3)/C=C\c3ccc([nH]3)C(c3ccc(C)cc3)c3ccc2s3)cc1. The lowest BCUT2D eigenvalue weighted by molar-refractivity contribution is 0.952. The van der Waals surface area contributed by atoms with Gasteiger partial charge in [0.05, 0.1) is 11.8 Å². The molecule has 2 atom stereocenters. The number of fused-ring (bicyclic) bond motifs is 6. The quantitative estimate of drug-likeness (QED) is 0.271. The van der Waals surface area contributed by atoms with Gasteiger partial charge < -0.3 is 9.97 Å². The zero-order valence-corrected chi connectivity index (χ0v) is 19.6. The third-order valence-corrected chi connectivity index (χ3v) is 7.78. The largest absolute Gasteiger partial charge is 0.358 e. The average Bonchev–Trinajstić information content (AvgIpc) is 3.58. The van der Waals surface area contributed by atoms with E-state index < -0.39 is 0 Å². The van der Waals surface area contributed by atoms with E-state index in [4.69, 9.17) is 0 Å². The maximum absolute atomic E-state index is 3.67. The highest BCUT2D eigenvalue weighted by atomic mass is 32.1. The molecule has 5 aromatic rings. The second-order valence-electron chi connectivity index (χ2n) is 9.00. The molecule has 0 fully saturated rings. The molecule has 3 aromatic heterocycles. The predicted octanol–water partition coefficient (Wildman–Crippen LogP) is 7.87. The fraction of sp³-hybridized carbons (Fsp3) is 0.133. The molecule has 4 heterocycles. The minimum Gasteiger partial charge on any atom is -0.358 e. The molecule has 6 rings (SSSR count). The number of benzene rings is 2. The average molecular weight is 447 g/mol. The molecule has 6 bridgehead atoms. The van der Waals surface area contributed by atoms with Crippen LogP contribution in [-0.4, -0.2) is 9.97 Å². The summed E-state index contributed by atoms with van der Waals surface area (Å²) < 4.78 is 0. The van der Waals surface area contributed by atoms with Crippen LogP contribution in [0.25, 0.3) is 12.2 Å². The maximum Gasteiger partial charge on any atom is 0.0584 e. The van der Waals surface area contributed by atoms with Gasteiger partial charge in [0.15, 0.2) is 0 Å². The summed E-state index contributed by atoms with van der Waals surface area (Å²) in [5, 5.41) is 0. The Balaban J connectivity index is 1.55. The monoisotopic (exact) mass is 446 g/mol. The molecule has 0 radical (unpaired) electrons. The smallest absolute Gasteiger partial charge is 0.0584 e. The van der Waals surface area contributed by atoms with Crippen LogP contribution < -0.4 is 0 Å². The van der Waals surface area contributed by atoms with Gasteiger partial charge in [-0.1, -0.05) is 59.7 Å². The molecule has 2 aromatic carbocycles. The Morgan fingerprint density at radius 3 is 1.36 bits per heavy atom. The van der Waals surface area contributed by atoms with Gasteiger partial charge in [-0.2, -0.15) is 0 Å². The summed E-state index contributed by atoms with van der Waals surface area (Å²) in [5.74, 6) is 0.369. The summed E-state index contributed by atoms with van der Waals surface area (Å²) in [5.41, 5.74) is 9.88. The van der Waals surface area contributed by atoms with Crippen molar-refractivity contribution >= 4 is 23.5 Å². The van der Waals surface area contributed by atoms with Crippen LogP contribution in [0.1, 0.15) is 66.6 Å². The molecule has 2 unspecified atom stereocenters. The van der Waals surface area contributed by atoms with E-state index in [0.29, 0.717) is 0 Å². The first kappa shape index (κ1) is 20.1. The first-order valence-corrected chi connectivity index (χ1v) is 12.2. The summed E-state index contributed by atoms with van der Waals surface area (Å²) in [7, 11) is 0. The minimum absolute atomic E-state index is 0.185. The van der Waals surface area contributed by atoms with Crippen molar-refractivity contribution in [1.29, 1.82) is 0 Å². The molecule has 1 aliphatic heterocycles. The number of aromatic nitrogens is 2. The van der Waals surface area contributed by atoms with Crippen molar-refractivity contribution < 1.29 is 0 Å². The van der Waals surface area contributed by atoms with Gasteiger partial charge in [0.25, 0.3) is 0 Å². The third kappa shape index (κ3) is 3.79. The molecule has 2 nitrogen and oxygen atoms in total. The van der Waals surface area contributed by atoms with Crippen molar-refractivity contribution in [2.75, 3.05) is 0 Å². The molecular weight excluding hydrogens is 420 g/mol. The number of rotatable bonds is 2. The van der Waals surface area contributed by atoms with E-state index >= 15 is 0 Å². The topological polar surface area (TPSA) is 31.6 Å². The number of hydrogen-bond donors (Lipinski definition) is 2. The number of thiophene rings is 1. The molecule has 0 aliphatic carbocycles. The molecule has 162 valence electrons. The van der Waals surface area contributed by atoms with Crippen LogP contribution >= 0.6 is 11.3 Å². The highest BCUT2D eigenvalue weighted by Gasteiger charge is 2.25. The Morgan fingerprint density at radius 1 is 0.515 bits per heavy atom. The predicted molar refractivity (Wildman–Crippen MR) is 139 cm³/mol. The van der Waals surface area contributed by atoms with Crippen LogP contribution in [0.5, 0.6) is 0 Å². The van der Waals surface area contributed by atoms with E-state index in [-0.39, 0.29) is 11.8 Å². The van der Waals surface area contributed by atoms with Gasteiger partial charge in [-0.25, -0.2) is 0 Å². The lowest BCUT2D eigenvalue weighted by Gasteiger charge is -2.17. The maximum atomic E-state index is 3.67. The summed E-state index contributed by atoms with van der Waals surface area (Å²) in [6, 6.07) is 31.4. The van der Waals surface area contributed by atoms with Gasteiger partial charge in [-0.05, 0) is 73.5 Å². The third-order valence-electron chi connectivity index (χ3n) is 6.56. The zero-order valence-electron chi connectivity index (χ0n) is 18.8. The van der Waals surface area contributed by atoms with Crippen molar-refractivity contribution in [1.82, 2.24) is 9.97 Å². The Morgan fingerprint density at radius 2 is 0.939 bits per heavy atom. The number of aromatic amines is 2. The second kappa shape index (κ2) is 8.09. The van der Waals surface area contributed by atoms with Crippen molar-refractivity contribution in [3.8, 4) is 0 Å². The number of nitrogens with one attached hydrogen (secondary N) is 2. The number of H-pyrrole nitrogens is 2. The summed E-state index contributed by atoms with van der Waals surface area (Å²) in [6.45, 7) is 4.29. The molecule has 0 saturated carbocycles. The Labute approximate surface area is 198 Å². The first-order valence-electron chi connectivity index (χ1n) is 11.4. The van der Waals surface area contributed by atoms with E-state index in [0.717, 1.165) is 11.4 Å². The van der Waals surface area contributed by atoms with Gasteiger partial charge in [0.1, 0.15) is 0 Å². The Kier molecular flexibility index (Phi) is 4.92. The highest BCUT2D eigenvalue weighted by molar-refractivity contribution is 7.12. The van der Waals surface area contributed by atoms with E-state index in [1.807, 2.05) is 11.3 Å². The van der Waals surface area contributed by atoms with Gasteiger partial charge in [0.2, 0.25) is 0 Å². The lowest BCUT2D eigenvalue weighted by atomic mass is 9.92. The molecule has 1 aliphatic rings. The van der Waals surface area contributed by atoms with Crippen molar-refractivity contribution in [2.24, 2.45) is 0 Å². The number of aryl methyl sites for hydroxylation is 2. The van der Waals surface area contributed by atoms with E-state index in [1.54, 1.807) is 0 Å². The van der Waals surface area contributed by atoms with Crippen LogP contribution in [0.4, 0.5) is 0 Å². The Bertz CT molecular complexity index is 1320. The highest BCUT2D eigenvalue weighted by Crippen LogP contribution is 2.41. The molecular formula is C30H26N2S. The Hall–Kier alpha value is -3.56. The lowest BCUT2D eigenvalue weighted by Crippen LogP contribution is -2.03. The van der Waals surface area contributed by atoms with Gasteiger partial charge in [-0.3, -0.25) is 0 Å². The first-order chi connectivity index (χ1) is 16.1. The fourth-order valence-corrected chi connectivity index (χ4v) is 6.07. The minimum atomic E-state index is 0.185. The van der Waals surface area contributed by atoms with Gasteiger partial charge in [-0.15, -0.1) is 11.3 Å². The van der Waals surface area contributed by atoms with Crippen LogP contribution in [0.2, 0.25) is 0 Å². The molecule has 2 N–H and O–H groups in total. The zero-order chi connectivity index (χ0) is 22.4. The van der Waals surface area contributed by atoms with E-state index in [9.17, 15) is 0 Å². The summed E-state index contributed by atoms with van der Waals surface area (Å²) in [4.78, 5) is 10.0. The standard InChI is InChI=1S/C30H26N2S/c1-19-3-7-21(8-4-19)29-25-15-13-23(31-25)11-12-24-14-16-26(32-24)30(28-18-17-27(29)33-28)22-9-5-20(2)6-10-22/h3-18,29-32H,1-2H3/b12-11-. The van der Waals surface area contributed by atoms with Crippen molar-refractivity contribution in [2.45, 2.75) is 25.7 Å². The second-order valence-corrected chi connectivity index (χ2v) is 10.1. The van der Waals surface area contributed by atoms with Crippen LogP contribution in [-0.2, 0) is 0 Å². The fourth-order valence-electron chi connectivity index (χ4n) is 4.76. The van der Waals surface area contributed by atoms with E-state index in [1.165, 1.54) is 43.4 Å². The van der Waals surface area contributed by atoms with Crippen LogP contribution in [0, 0.1) is 13.8 Å². The summed E-state index contributed by atoms with van der Waals surface area (Å²) in [6.07, 6.45) is 4.31. The van der Waals surface area contributed by atoms with Crippen LogP contribution in [0.3, 0.4) is 0 Å². The van der Waals surface area contributed by atoms with E-state index in [2.05, 4.69) is 121 Å². The molecule has 0 spiro atoms. The molecule has 33 heavy (non-hydrogen) atoms. The van der Waals surface area contributed by atoms with Crippen LogP contribution in [0.15, 0.2) is 84.9 Å². The molecule has 0 saturated heterocycles. The number of hydrogen-bond acceptors (Lipinski definition) is 1. The van der Waals surface area contributed by atoms with Crippen molar-refractivity contribution in [3.05, 3.63) is 140 Å². The summed E-state index contributed by atoms with van der Waals surface area (Å²) >= 11 is 1.92. The van der Waals surface area contributed by atoms with Gasteiger partial charge in [0, 0.05) is 32.5 Å². The normalized spacial score (nSPS) is 18.2. The van der Waals surface area contributed by atoms with Crippen molar-refractivity contribution in [3.63, 3.8) is 0 Å².